The Hall–Kier alpha value is -1.46. The lowest BCUT2D eigenvalue weighted by Crippen LogP contribution is -2.02. The molecule has 3 aromatic rings. The van der Waals surface area contributed by atoms with E-state index in [4.69, 9.17) is 4.42 Å². The van der Waals surface area contributed by atoms with E-state index in [2.05, 4.69) is 0 Å². The quantitative estimate of drug-likeness (QED) is 0.602. The molecule has 5 heteroatoms. The minimum atomic E-state index is -0.548. The zero-order valence-corrected chi connectivity index (χ0v) is 8.98. The van der Waals surface area contributed by atoms with Crippen LogP contribution in [0.15, 0.2) is 36.9 Å². The van der Waals surface area contributed by atoms with Crippen molar-refractivity contribution in [2.45, 2.75) is 0 Å². The molecule has 0 saturated heterocycles. The molecule has 0 bridgehead atoms. The van der Waals surface area contributed by atoms with E-state index in [0.717, 1.165) is 10.8 Å². The highest BCUT2D eigenvalue weighted by Crippen LogP contribution is 2.26. The van der Waals surface area contributed by atoms with Crippen LogP contribution in [0.5, 0.6) is 0 Å². The Kier molecular flexibility index (Phi) is 1.77. The summed E-state index contributed by atoms with van der Waals surface area (Å²) in [7, 11) is 0. The summed E-state index contributed by atoms with van der Waals surface area (Å²) in [6.07, 6.45) is 0. The van der Waals surface area contributed by atoms with Crippen LogP contribution in [0.25, 0.3) is 20.2 Å². The summed E-state index contributed by atoms with van der Waals surface area (Å²) in [6.45, 7) is 0. The van der Waals surface area contributed by atoms with Gasteiger partial charge in [-0.2, -0.15) is 0 Å². The first-order valence-electron chi connectivity index (χ1n) is 4.19. The van der Waals surface area contributed by atoms with Gasteiger partial charge in [-0.05, 0) is 22.9 Å². The maximum atomic E-state index is 11.5. The van der Waals surface area contributed by atoms with Crippen molar-refractivity contribution in [1.82, 2.24) is 0 Å². The molecule has 0 aliphatic carbocycles. The smallest absolute Gasteiger partial charge is 0.356 e. The first kappa shape index (κ1) is 8.82. The molecule has 0 saturated carbocycles. The lowest BCUT2D eigenvalue weighted by molar-refractivity contribution is 0.493. The van der Waals surface area contributed by atoms with Crippen molar-refractivity contribution in [3.8, 4) is 0 Å². The van der Waals surface area contributed by atoms with Gasteiger partial charge in [-0.3, -0.25) is 0 Å². The van der Waals surface area contributed by atoms with Gasteiger partial charge in [0.1, 0.15) is 9.40 Å². The van der Waals surface area contributed by atoms with Crippen molar-refractivity contribution in [3.63, 3.8) is 0 Å². The van der Waals surface area contributed by atoms with Gasteiger partial charge < -0.3 is 4.42 Å². The van der Waals surface area contributed by atoms with Gasteiger partial charge in [0.25, 0.3) is 0 Å². The summed E-state index contributed by atoms with van der Waals surface area (Å²) in [4.78, 5) is 23.0. The highest BCUT2D eigenvalue weighted by Gasteiger charge is 2.08. The van der Waals surface area contributed by atoms with E-state index in [0.29, 0.717) is 9.40 Å². The lowest BCUT2D eigenvalue weighted by atomic mass is 10.2. The molecule has 0 radical (unpaired) electrons. The third-order valence-corrected chi connectivity index (χ3v) is 3.97. The summed E-state index contributed by atoms with van der Waals surface area (Å²) in [5.74, 6) is 0. The second-order valence-electron chi connectivity index (χ2n) is 3.00. The molecule has 3 rings (SSSR count). The van der Waals surface area contributed by atoms with Crippen LogP contribution in [0.3, 0.4) is 0 Å². The highest BCUT2D eigenvalue weighted by atomic mass is 32.1. The zero-order valence-electron chi connectivity index (χ0n) is 7.35. The van der Waals surface area contributed by atoms with Gasteiger partial charge >= 0.3 is 11.3 Å². The standard InChI is InChI=1S/C10H4O3S2/c11-9-7-5(1-3-14-7)6-2-4-15-8(6)10(12)13-9/h1-4H. The number of hydrogen-bond donors (Lipinski definition) is 0. The van der Waals surface area contributed by atoms with E-state index in [1.54, 1.807) is 0 Å². The molecule has 0 unspecified atom stereocenters. The SMILES string of the molecule is O=c1oc(=O)c2sccc2c2ccsc12. The van der Waals surface area contributed by atoms with Crippen LogP contribution in [-0.2, 0) is 0 Å². The molecule has 3 heterocycles. The Balaban J connectivity index is 2.86. The minimum Gasteiger partial charge on any atom is -0.384 e. The summed E-state index contributed by atoms with van der Waals surface area (Å²) >= 11 is 2.59. The minimum absolute atomic E-state index is 0.500. The molecule has 0 N–H and O–H groups in total. The monoisotopic (exact) mass is 236 g/mol. The topological polar surface area (TPSA) is 47.3 Å². The van der Waals surface area contributed by atoms with Crippen LogP contribution < -0.4 is 11.3 Å². The first-order chi connectivity index (χ1) is 7.27. The number of hydrogen-bond acceptors (Lipinski definition) is 5. The Morgan fingerprint density at radius 1 is 0.867 bits per heavy atom. The second-order valence-corrected chi connectivity index (χ2v) is 4.84. The van der Waals surface area contributed by atoms with Gasteiger partial charge in [-0.25, -0.2) is 9.59 Å². The molecular weight excluding hydrogens is 232 g/mol. The average molecular weight is 236 g/mol. The van der Waals surface area contributed by atoms with Gasteiger partial charge in [0.15, 0.2) is 0 Å². The van der Waals surface area contributed by atoms with E-state index in [9.17, 15) is 9.59 Å². The molecule has 0 amide bonds. The van der Waals surface area contributed by atoms with Crippen molar-refractivity contribution < 1.29 is 4.42 Å². The molecule has 0 fully saturated rings. The Morgan fingerprint density at radius 2 is 1.33 bits per heavy atom. The maximum Gasteiger partial charge on any atom is 0.356 e. The lowest BCUT2D eigenvalue weighted by Gasteiger charge is -1.79. The molecule has 0 aromatic carbocycles. The van der Waals surface area contributed by atoms with E-state index in [1.165, 1.54) is 22.7 Å². The third kappa shape index (κ3) is 1.17. The zero-order chi connectivity index (χ0) is 10.4. The fraction of sp³-hybridized carbons (Fsp3) is 0. The summed E-state index contributed by atoms with van der Waals surface area (Å²) < 4.78 is 5.72. The van der Waals surface area contributed by atoms with Gasteiger partial charge in [-0.15, -0.1) is 22.7 Å². The fourth-order valence-electron chi connectivity index (χ4n) is 1.54. The normalized spacial score (nSPS) is 11.2. The predicted octanol–water partition coefficient (Wildman–Crippen LogP) is 2.43. The molecule has 0 aliphatic heterocycles. The number of thiophene rings is 2. The van der Waals surface area contributed by atoms with Gasteiger partial charge in [-0.1, -0.05) is 0 Å². The Bertz CT molecular complexity index is 699. The van der Waals surface area contributed by atoms with E-state index in [1.807, 2.05) is 22.9 Å². The van der Waals surface area contributed by atoms with E-state index in [-0.39, 0.29) is 0 Å². The number of rotatable bonds is 0. The second kappa shape index (κ2) is 3.01. The largest absolute Gasteiger partial charge is 0.384 e. The molecule has 74 valence electrons. The van der Waals surface area contributed by atoms with Crippen LogP contribution in [0.1, 0.15) is 0 Å². The molecular formula is C10H4O3S2. The Morgan fingerprint density at radius 3 is 1.80 bits per heavy atom. The van der Waals surface area contributed by atoms with Crippen molar-refractivity contribution >= 4 is 42.8 Å². The average Bonchev–Trinajstić information content (AvgIpc) is 2.83. The summed E-state index contributed by atoms with van der Waals surface area (Å²) in [5.41, 5.74) is -1.10. The van der Waals surface area contributed by atoms with Crippen molar-refractivity contribution in [2.75, 3.05) is 0 Å². The van der Waals surface area contributed by atoms with E-state index >= 15 is 0 Å². The molecule has 15 heavy (non-hydrogen) atoms. The summed E-state index contributed by atoms with van der Waals surface area (Å²) in [5, 5.41) is 5.24. The molecule has 0 spiro atoms. The molecule has 3 nitrogen and oxygen atoms in total. The van der Waals surface area contributed by atoms with E-state index < -0.39 is 11.3 Å². The molecule has 0 aliphatic rings. The van der Waals surface area contributed by atoms with Crippen LogP contribution in [0.4, 0.5) is 0 Å². The highest BCUT2D eigenvalue weighted by molar-refractivity contribution is 7.18. The first-order valence-corrected chi connectivity index (χ1v) is 5.95. The Labute approximate surface area is 91.2 Å². The van der Waals surface area contributed by atoms with Gasteiger partial charge in [0.2, 0.25) is 0 Å². The predicted molar refractivity (Wildman–Crippen MR) is 62.0 cm³/mol. The van der Waals surface area contributed by atoms with Crippen LogP contribution in [-0.4, -0.2) is 0 Å². The molecule has 0 atom stereocenters. The van der Waals surface area contributed by atoms with Crippen LogP contribution >= 0.6 is 22.7 Å². The van der Waals surface area contributed by atoms with Gasteiger partial charge in [0.05, 0.1) is 0 Å². The third-order valence-electron chi connectivity index (χ3n) is 2.18. The van der Waals surface area contributed by atoms with Crippen LogP contribution in [0, 0.1) is 0 Å². The summed E-state index contributed by atoms with van der Waals surface area (Å²) in [6, 6.07) is 3.68. The van der Waals surface area contributed by atoms with Crippen molar-refractivity contribution in [3.05, 3.63) is 43.7 Å². The van der Waals surface area contributed by atoms with Crippen molar-refractivity contribution in [1.29, 1.82) is 0 Å². The number of fused-ring (bicyclic) bond motifs is 3. The fourth-order valence-corrected chi connectivity index (χ4v) is 3.10. The van der Waals surface area contributed by atoms with Crippen molar-refractivity contribution in [2.24, 2.45) is 0 Å². The van der Waals surface area contributed by atoms with Gasteiger partial charge in [0, 0.05) is 10.8 Å². The molecule has 3 aromatic heterocycles. The maximum absolute atomic E-state index is 11.5. The van der Waals surface area contributed by atoms with Crippen LogP contribution in [0.2, 0.25) is 0 Å².